The van der Waals surface area contributed by atoms with E-state index in [9.17, 15) is 23.1 Å². The molecule has 0 saturated carbocycles. The highest BCUT2D eigenvalue weighted by molar-refractivity contribution is 7.89. The molecule has 1 aliphatic heterocycles. The van der Waals surface area contributed by atoms with E-state index in [2.05, 4.69) is 0 Å². The molecule has 1 aliphatic rings. The molecule has 1 fully saturated rings. The maximum atomic E-state index is 12.2. The highest BCUT2D eigenvalue weighted by atomic mass is 32.2. The van der Waals surface area contributed by atoms with Crippen LogP contribution in [0.2, 0.25) is 0 Å². The second-order valence-electron chi connectivity index (χ2n) is 5.63. The lowest BCUT2D eigenvalue weighted by Gasteiger charge is -2.37. The second-order valence-corrected chi connectivity index (χ2v) is 7.59. The lowest BCUT2D eigenvalue weighted by Crippen LogP contribution is -2.50. The Hall–Kier alpha value is -1.15. The smallest absolute Gasteiger partial charge is 0.311 e. The van der Waals surface area contributed by atoms with Crippen LogP contribution in [-0.4, -0.2) is 66.5 Å². The number of sulfonamides is 1. The van der Waals surface area contributed by atoms with Crippen LogP contribution in [0.15, 0.2) is 0 Å². The number of aliphatic carboxylic acids is 1. The number of nitrogens with zero attached hydrogens (tertiary/aromatic N) is 2. The maximum absolute atomic E-state index is 12.2. The first-order valence-corrected chi connectivity index (χ1v) is 8.76. The van der Waals surface area contributed by atoms with Crippen molar-refractivity contribution in [2.45, 2.75) is 33.6 Å². The van der Waals surface area contributed by atoms with E-state index in [1.165, 1.54) is 9.21 Å². The molecule has 1 rings (SSSR count). The predicted octanol–water partition coefficient (Wildman–Crippen LogP) is 0.371. The fraction of sp³-hybridized carbons (Fsp3) is 0.846. The molecule has 1 saturated heterocycles. The Balaban J connectivity index is 2.78. The van der Waals surface area contributed by atoms with Crippen molar-refractivity contribution in [1.82, 2.24) is 9.21 Å². The van der Waals surface area contributed by atoms with Gasteiger partial charge in [0.05, 0.1) is 5.41 Å². The van der Waals surface area contributed by atoms with Crippen LogP contribution in [-0.2, 0) is 19.6 Å². The van der Waals surface area contributed by atoms with Gasteiger partial charge in [-0.3, -0.25) is 9.59 Å². The summed E-state index contributed by atoms with van der Waals surface area (Å²) in [5.74, 6) is -2.06. The van der Waals surface area contributed by atoms with E-state index in [-0.39, 0.29) is 6.54 Å². The van der Waals surface area contributed by atoms with Crippen molar-refractivity contribution >= 4 is 21.9 Å². The summed E-state index contributed by atoms with van der Waals surface area (Å²) >= 11 is 0. The quantitative estimate of drug-likeness (QED) is 0.763. The minimum absolute atomic E-state index is 0.0644. The number of hydrogen-bond donors (Lipinski definition) is 1. The van der Waals surface area contributed by atoms with Crippen LogP contribution in [0.4, 0.5) is 0 Å². The van der Waals surface area contributed by atoms with Gasteiger partial charge in [0.15, 0.2) is 0 Å². The van der Waals surface area contributed by atoms with Gasteiger partial charge in [-0.05, 0) is 19.8 Å². The predicted molar refractivity (Wildman–Crippen MR) is 78.3 cm³/mol. The van der Waals surface area contributed by atoms with Gasteiger partial charge in [-0.15, -0.1) is 0 Å². The summed E-state index contributed by atoms with van der Waals surface area (Å²) in [4.78, 5) is 24.8. The molecule has 122 valence electrons. The van der Waals surface area contributed by atoms with Crippen molar-refractivity contribution < 1.29 is 23.1 Å². The molecule has 8 heteroatoms. The first kappa shape index (κ1) is 17.9. The third kappa shape index (κ3) is 4.16. The molecule has 0 radical (unpaired) electrons. The van der Waals surface area contributed by atoms with Gasteiger partial charge in [-0.1, -0.05) is 13.8 Å². The number of carboxylic acids is 1. The van der Waals surface area contributed by atoms with E-state index >= 15 is 0 Å². The van der Waals surface area contributed by atoms with E-state index in [0.29, 0.717) is 32.5 Å². The van der Waals surface area contributed by atoms with Crippen molar-refractivity contribution in [1.29, 1.82) is 0 Å². The molecule has 0 aromatic rings. The zero-order valence-corrected chi connectivity index (χ0v) is 13.6. The lowest BCUT2D eigenvalue weighted by molar-refractivity contribution is -0.153. The lowest BCUT2D eigenvalue weighted by atomic mass is 9.82. The van der Waals surface area contributed by atoms with E-state index in [4.69, 9.17) is 0 Å². The molecule has 0 aromatic carbocycles. The van der Waals surface area contributed by atoms with Crippen LogP contribution in [0.5, 0.6) is 0 Å². The highest BCUT2D eigenvalue weighted by Crippen LogP contribution is 2.29. The van der Waals surface area contributed by atoms with Crippen molar-refractivity contribution in [2.75, 3.05) is 31.9 Å². The van der Waals surface area contributed by atoms with E-state index in [1.807, 2.05) is 0 Å². The van der Waals surface area contributed by atoms with Crippen LogP contribution in [0.3, 0.4) is 0 Å². The Bertz CT molecular complexity index is 501. The Morgan fingerprint density at radius 1 is 1.29 bits per heavy atom. The molecule has 21 heavy (non-hydrogen) atoms. The van der Waals surface area contributed by atoms with Crippen molar-refractivity contribution in [3.63, 3.8) is 0 Å². The summed E-state index contributed by atoms with van der Waals surface area (Å²) in [6, 6.07) is 0. The molecule has 1 unspecified atom stereocenters. The van der Waals surface area contributed by atoms with E-state index < -0.39 is 33.1 Å². The molecule has 0 bridgehead atoms. The van der Waals surface area contributed by atoms with Gasteiger partial charge in [0.2, 0.25) is 15.9 Å². The number of rotatable bonds is 6. The van der Waals surface area contributed by atoms with Gasteiger partial charge in [-0.25, -0.2) is 12.7 Å². The molecule has 7 nitrogen and oxygen atoms in total. The van der Waals surface area contributed by atoms with Crippen molar-refractivity contribution in [2.24, 2.45) is 5.41 Å². The maximum Gasteiger partial charge on any atom is 0.311 e. The number of amides is 1. The standard InChI is InChI=1S/C13H24N2O5S/c1-4-15(5-2)21(19,20)9-11(16)14-8-6-7-13(3,10-14)12(17)18/h4-10H2,1-3H3,(H,17,18). The molecule has 0 aromatic heterocycles. The SMILES string of the molecule is CCN(CC)S(=O)(=O)CC(=O)N1CCCC(C)(C(=O)O)C1. The number of hydrogen-bond acceptors (Lipinski definition) is 4. The van der Waals surface area contributed by atoms with Crippen molar-refractivity contribution in [3.8, 4) is 0 Å². The average molecular weight is 320 g/mol. The number of carboxylic acid groups (broad SMARTS) is 1. The molecular formula is C13H24N2O5S. The number of carbonyl (C=O) groups excluding carboxylic acids is 1. The van der Waals surface area contributed by atoms with E-state index in [0.717, 1.165) is 0 Å². The summed E-state index contributed by atoms with van der Waals surface area (Å²) < 4.78 is 25.4. The van der Waals surface area contributed by atoms with Crippen LogP contribution < -0.4 is 0 Å². The third-order valence-electron chi connectivity index (χ3n) is 3.97. The summed E-state index contributed by atoms with van der Waals surface area (Å²) in [7, 11) is -3.63. The molecule has 1 N–H and O–H groups in total. The number of likely N-dealkylation sites (tertiary alicyclic amines) is 1. The summed E-state index contributed by atoms with van der Waals surface area (Å²) in [6.07, 6.45) is 1.06. The fourth-order valence-corrected chi connectivity index (χ4v) is 4.05. The molecule has 1 amide bonds. The molecule has 1 heterocycles. The Morgan fingerprint density at radius 3 is 2.33 bits per heavy atom. The molecular weight excluding hydrogens is 296 g/mol. The Kier molecular flexibility index (Phi) is 5.75. The minimum atomic E-state index is -3.63. The third-order valence-corrected chi connectivity index (χ3v) is 5.89. The van der Waals surface area contributed by atoms with Gasteiger partial charge in [0, 0.05) is 26.2 Å². The second kappa shape index (κ2) is 6.74. The zero-order chi connectivity index (χ0) is 16.3. The van der Waals surface area contributed by atoms with Gasteiger partial charge in [-0.2, -0.15) is 0 Å². The van der Waals surface area contributed by atoms with Gasteiger partial charge in [0.25, 0.3) is 0 Å². The monoisotopic (exact) mass is 320 g/mol. The normalized spacial score (nSPS) is 23.3. The molecule has 0 aliphatic carbocycles. The first-order valence-electron chi connectivity index (χ1n) is 7.15. The van der Waals surface area contributed by atoms with Gasteiger partial charge in [0.1, 0.15) is 5.75 Å². The van der Waals surface area contributed by atoms with Crippen LogP contribution >= 0.6 is 0 Å². The first-order chi connectivity index (χ1) is 9.66. The highest BCUT2D eigenvalue weighted by Gasteiger charge is 2.40. The van der Waals surface area contributed by atoms with Crippen LogP contribution in [0.25, 0.3) is 0 Å². The van der Waals surface area contributed by atoms with Gasteiger partial charge >= 0.3 is 5.97 Å². The summed E-state index contributed by atoms with van der Waals surface area (Å²) in [6.45, 7) is 6.14. The fourth-order valence-electron chi connectivity index (χ4n) is 2.58. The van der Waals surface area contributed by atoms with Crippen LogP contribution in [0, 0.1) is 5.41 Å². The summed E-state index contributed by atoms with van der Waals surface area (Å²) in [5, 5.41) is 9.23. The summed E-state index contributed by atoms with van der Waals surface area (Å²) in [5.41, 5.74) is -0.993. The average Bonchev–Trinajstić information content (AvgIpc) is 2.39. The Labute approximate surface area is 126 Å². The van der Waals surface area contributed by atoms with Crippen molar-refractivity contribution in [3.05, 3.63) is 0 Å². The number of piperidine rings is 1. The number of carbonyl (C=O) groups is 2. The van der Waals surface area contributed by atoms with E-state index in [1.54, 1.807) is 20.8 Å². The Morgan fingerprint density at radius 2 is 1.86 bits per heavy atom. The van der Waals surface area contributed by atoms with Crippen LogP contribution in [0.1, 0.15) is 33.6 Å². The molecule has 1 atom stereocenters. The van der Waals surface area contributed by atoms with Gasteiger partial charge < -0.3 is 10.0 Å². The minimum Gasteiger partial charge on any atom is -0.481 e. The largest absolute Gasteiger partial charge is 0.481 e. The topological polar surface area (TPSA) is 95.0 Å². The molecule has 0 spiro atoms. The zero-order valence-electron chi connectivity index (χ0n) is 12.8.